The number of nitrogens with one attached hydrogen (secondary N) is 1. The van der Waals surface area contributed by atoms with Crippen molar-refractivity contribution in [2.75, 3.05) is 11.9 Å². The van der Waals surface area contributed by atoms with E-state index >= 15 is 0 Å². The molecule has 1 N–H and O–H groups in total. The van der Waals surface area contributed by atoms with Gasteiger partial charge in [0.2, 0.25) is 0 Å². The number of hydrogen-bond donors (Lipinski definition) is 1. The third kappa shape index (κ3) is 4.28. The Hall–Kier alpha value is -1.48. The molecule has 0 aliphatic rings. The summed E-state index contributed by atoms with van der Waals surface area (Å²) in [5.41, 5.74) is 5.07. The zero-order chi connectivity index (χ0) is 13.5. The zero-order valence-electron chi connectivity index (χ0n) is 11.5. The van der Waals surface area contributed by atoms with E-state index < -0.39 is 0 Å². The van der Waals surface area contributed by atoms with Crippen LogP contribution in [0.2, 0.25) is 0 Å². The highest BCUT2D eigenvalue weighted by Crippen LogP contribution is 2.20. The first-order chi connectivity index (χ1) is 9.29. The molecule has 2 nitrogen and oxygen atoms in total. The normalized spacial score (nSPS) is 10.4. The predicted octanol–water partition coefficient (Wildman–Crippen LogP) is 4.26. The van der Waals surface area contributed by atoms with E-state index in [-0.39, 0.29) is 0 Å². The lowest BCUT2D eigenvalue weighted by molar-refractivity contribution is 1.15. The van der Waals surface area contributed by atoms with Crippen LogP contribution < -0.4 is 5.32 Å². The second kappa shape index (κ2) is 7.19. The van der Waals surface area contributed by atoms with Crippen molar-refractivity contribution in [2.45, 2.75) is 25.4 Å². The van der Waals surface area contributed by atoms with E-state index in [0.29, 0.717) is 0 Å². The Balaban J connectivity index is 1.89. The minimum Gasteiger partial charge on any atom is -0.385 e. The maximum absolute atomic E-state index is 4.41. The Morgan fingerprint density at radius 1 is 1.16 bits per heavy atom. The SMILES string of the molecule is CCNc1ccnc(CSCc2ccccc2C)c1. The van der Waals surface area contributed by atoms with Crippen LogP contribution in [0, 0.1) is 6.92 Å². The van der Waals surface area contributed by atoms with Gasteiger partial charge in [0.05, 0.1) is 5.69 Å². The van der Waals surface area contributed by atoms with Crippen LogP contribution in [0.3, 0.4) is 0 Å². The van der Waals surface area contributed by atoms with Crippen molar-refractivity contribution >= 4 is 17.4 Å². The molecular weight excluding hydrogens is 252 g/mol. The first-order valence-electron chi connectivity index (χ1n) is 6.60. The van der Waals surface area contributed by atoms with Crippen LogP contribution in [0.4, 0.5) is 5.69 Å². The molecule has 0 unspecified atom stereocenters. The molecule has 3 heteroatoms. The minimum absolute atomic E-state index is 0.944. The fourth-order valence-corrected chi connectivity index (χ4v) is 2.92. The van der Waals surface area contributed by atoms with Crippen LogP contribution in [0.1, 0.15) is 23.7 Å². The summed E-state index contributed by atoms with van der Waals surface area (Å²) in [4.78, 5) is 4.41. The van der Waals surface area contributed by atoms with Crippen LogP contribution in [0.25, 0.3) is 0 Å². The summed E-state index contributed by atoms with van der Waals surface area (Å²) in [6.07, 6.45) is 1.88. The molecule has 0 aliphatic heterocycles. The van der Waals surface area contributed by atoms with E-state index in [1.807, 2.05) is 24.0 Å². The number of thioether (sulfide) groups is 1. The average molecular weight is 272 g/mol. The summed E-state index contributed by atoms with van der Waals surface area (Å²) in [5, 5.41) is 3.32. The van der Waals surface area contributed by atoms with Gasteiger partial charge in [0.1, 0.15) is 0 Å². The average Bonchev–Trinajstić information content (AvgIpc) is 2.42. The monoisotopic (exact) mass is 272 g/mol. The quantitative estimate of drug-likeness (QED) is 0.850. The largest absolute Gasteiger partial charge is 0.385 e. The smallest absolute Gasteiger partial charge is 0.0523 e. The van der Waals surface area contributed by atoms with Crippen molar-refractivity contribution in [3.8, 4) is 0 Å². The van der Waals surface area contributed by atoms with E-state index in [9.17, 15) is 0 Å². The van der Waals surface area contributed by atoms with Gasteiger partial charge in [0.15, 0.2) is 0 Å². The molecule has 1 heterocycles. The highest BCUT2D eigenvalue weighted by Gasteiger charge is 2.00. The summed E-state index contributed by atoms with van der Waals surface area (Å²) in [7, 11) is 0. The summed E-state index contributed by atoms with van der Waals surface area (Å²) in [6, 6.07) is 12.7. The topological polar surface area (TPSA) is 24.9 Å². The first-order valence-corrected chi connectivity index (χ1v) is 7.76. The Labute approximate surface area is 119 Å². The zero-order valence-corrected chi connectivity index (χ0v) is 12.3. The van der Waals surface area contributed by atoms with E-state index in [2.05, 4.69) is 54.5 Å². The van der Waals surface area contributed by atoms with E-state index in [4.69, 9.17) is 0 Å². The van der Waals surface area contributed by atoms with Crippen molar-refractivity contribution in [1.82, 2.24) is 4.98 Å². The molecule has 0 saturated heterocycles. The van der Waals surface area contributed by atoms with Crippen molar-refractivity contribution in [3.63, 3.8) is 0 Å². The molecular formula is C16H20N2S. The van der Waals surface area contributed by atoms with Crippen LogP contribution in [-0.2, 0) is 11.5 Å². The number of hydrogen-bond acceptors (Lipinski definition) is 3. The van der Waals surface area contributed by atoms with Crippen molar-refractivity contribution in [3.05, 3.63) is 59.4 Å². The van der Waals surface area contributed by atoms with Crippen molar-refractivity contribution in [2.24, 2.45) is 0 Å². The number of nitrogens with zero attached hydrogens (tertiary/aromatic N) is 1. The van der Waals surface area contributed by atoms with E-state index in [1.165, 1.54) is 11.1 Å². The lowest BCUT2D eigenvalue weighted by Crippen LogP contribution is -1.98. The third-order valence-corrected chi connectivity index (χ3v) is 3.98. The molecule has 0 amide bonds. The van der Waals surface area contributed by atoms with Gasteiger partial charge in [-0.05, 0) is 37.1 Å². The van der Waals surface area contributed by atoms with Crippen molar-refractivity contribution < 1.29 is 0 Å². The molecule has 0 saturated carbocycles. The highest BCUT2D eigenvalue weighted by atomic mass is 32.2. The molecule has 100 valence electrons. The number of aryl methyl sites for hydroxylation is 1. The van der Waals surface area contributed by atoms with E-state index in [1.54, 1.807) is 0 Å². The van der Waals surface area contributed by atoms with Crippen LogP contribution in [0.15, 0.2) is 42.6 Å². The Kier molecular flexibility index (Phi) is 5.28. The Morgan fingerprint density at radius 3 is 2.79 bits per heavy atom. The second-order valence-corrected chi connectivity index (χ2v) is 5.47. The third-order valence-electron chi connectivity index (χ3n) is 2.97. The fraction of sp³-hybridized carbons (Fsp3) is 0.312. The van der Waals surface area contributed by atoms with Gasteiger partial charge in [0, 0.05) is 29.9 Å². The van der Waals surface area contributed by atoms with Crippen LogP contribution in [-0.4, -0.2) is 11.5 Å². The van der Waals surface area contributed by atoms with Gasteiger partial charge in [-0.15, -0.1) is 0 Å². The molecule has 0 radical (unpaired) electrons. The van der Waals surface area contributed by atoms with Gasteiger partial charge >= 0.3 is 0 Å². The maximum Gasteiger partial charge on any atom is 0.0523 e. The lowest BCUT2D eigenvalue weighted by atomic mass is 10.1. The molecule has 0 fully saturated rings. The molecule has 0 spiro atoms. The summed E-state index contributed by atoms with van der Waals surface area (Å²) >= 11 is 1.91. The number of aromatic nitrogens is 1. The fourth-order valence-electron chi connectivity index (χ4n) is 1.91. The molecule has 0 atom stereocenters. The number of rotatable bonds is 6. The molecule has 19 heavy (non-hydrogen) atoms. The lowest BCUT2D eigenvalue weighted by Gasteiger charge is -2.07. The summed E-state index contributed by atoms with van der Waals surface area (Å²) in [6.45, 7) is 5.22. The molecule has 0 bridgehead atoms. The molecule has 1 aromatic carbocycles. The molecule has 0 aliphatic carbocycles. The number of benzene rings is 1. The molecule has 1 aromatic heterocycles. The summed E-state index contributed by atoms with van der Waals surface area (Å²) < 4.78 is 0. The number of anilines is 1. The minimum atomic E-state index is 0.944. The Morgan fingerprint density at radius 2 is 2.00 bits per heavy atom. The van der Waals surface area contributed by atoms with Gasteiger partial charge in [-0.25, -0.2) is 0 Å². The summed E-state index contributed by atoms with van der Waals surface area (Å²) in [5.74, 6) is 1.99. The first kappa shape index (κ1) is 13.9. The van der Waals surface area contributed by atoms with E-state index in [0.717, 1.165) is 29.4 Å². The number of pyridine rings is 1. The highest BCUT2D eigenvalue weighted by molar-refractivity contribution is 7.97. The maximum atomic E-state index is 4.41. The Bertz CT molecular complexity index is 526. The molecule has 2 aromatic rings. The van der Waals surface area contributed by atoms with Gasteiger partial charge in [0.25, 0.3) is 0 Å². The second-order valence-electron chi connectivity index (χ2n) is 4.49. The van der Waals surface area contributed by atoms with Gasteiger partial charge in [-0.3, -0.25) is 4.98 Å². The van der Waals surface area contributed by atoms with Gasteiger partial charge in [-0.2, -0.15) is 11.8 Å². The van der Waals surface area contributed by atoms with Crippen molar-refractivity contribution in [1.29, 1.82) is 0 Å². The van der Waals surface area contributed by atoms with Gasteiger partial charge in [-0.1, -0.05) is 24.3 Å². The standard InChI is InChI=1S/C16H20N2S/c1-3-17-15-8-9-18-16(10-15)12-19-11-14-7-5-4-6-13(14)2/h4-10H,3,11-12H2,1-2H3,(H,17,18). The predicted molar refractivity (Wildman–Crippen MR) is 84.6 cm³/mol. The van der Waals surface area contributed by atoms with Crippen LogP contribution in [0.5, 0.6) is 0 Å². The van der Waals surface area contributed by atoms with Gasteiger partial charge < -0.3 is 5.32 Å². The van der Waals surface area contributed by atoms with Crippen LogP contribution >= 0.6 is 11.8 Å². The molecule has 2 rings (SSSR count).